The number of alkyl halides is 3. The maximum absolute atomic E-state index is 12.1. The second-order valence-electron chi connectivity index (χ2n) is 3.42. The number of benzene rings is 1. The lowest BCUT2D eigenvalue weighted by Gasteiger charge is -2.15. The van der Waals surface area contributed by atoms with Gasteiger partial charge in [-0.25, -0.2) is 0 Å². The predicted octanol–water partition coefficient (Wildman–Crippen LogP) is 2.43. The summed E-state index contributed by atoms with van der Waals surface area (Å²) in [4.78, 5) is 9.79. The molecule has 0 amide bonds. The van der Waals surface area contributed by atoms with Crippen molar-refractivity contribution in [3.63, 3.8) is 0 Å². The minimum Gasteiger partial charge on any atom is -0.405 e. The van der Waals surface area contributed by atoms with E-state index in [0.717, 1.165) is 18.2 Å². The van der Waals surface area contributed by atoms with Crippen LogP contribution in [0.15, 0.2) is 18.2 Å². The molecule has 1 aromatic rings. The fourth-order valence-electron chi connectivity index (χ4n) is 1.26. The molecular formula is C10H9F3NO4. The van der Waals surface area contributed by atoms with E-state index in [4.69, 9.17) is 5.11 Å². The van der Waals surface area contributed by atoms with Crippen molar-refractivity contribution in [2.24, 2.45) is 0 Å². The van der Waals surface area contributed by atoms with Crippen molar-refractivity contribution in [1.29, 1.82) is 0 Å². The number of ether oxygens (including phenoxy) is 1. The first-order valence-corrected chi connectivity index (χ1v) is 4.72. The zero-order valence-electron chi connectivity index (χ0n) is 9.19. The van der Waals surface area contributed by atoms with E-state index in [0.29, 0.717) is 0 Å². The molecule has 1 rings (SSSR count). The lowest BCUT2D eigenvalue weighted by atomic mass is 10.0. The molecule has 0 atom stereocenters. The fraction of sp³-hybridized carbons (Fsp3) is 0.300. The van der Waals surface area contributed by atoms with Gasteiger partial charge < -0.3 is 9.84 Å². The van der Waals surface area contributed by atoms with E-state index in [-0.39, 0.29) is 17.2 Å². The van der Waals surface area contributed by atoms with Gasteiger partial charge in [0.2, 0.25) is 0 Å². The molecule has 0 heterocycles. The van der Waals surface area contributed by atoms with E-state index in [2.05, 4.69) is 4.74 Å². The molecule has 1 aromatic carbocycles. The van der Waals surface area contributed by atoms with E-state index in [1.807, 2.05) is 0 Å². The van der Waals surface area contributed by atoms with Gasteiger partial charge in [-0.05, 0) is 6.07 Å². The van der Waals surface area contributed by atoms with Crippen LogP contribution in [0.3, 0.4) is 0 Å². The van der Waals surface area contributed by atoms with Crippen LogP contribution in [0.5, 0.6) is 5.75 Å². The number of nitro benzene ring substituents is 1. The Balaban J connectivity index is 3.21. The summed E-state index contributed by atoms with van der Waals surface area (Å²) in [6.45, 7) is 0.817. The van der Waals surface area contributed by atoms with Crippen LogP contribution in [0.4, 0.5) is 18.9 Å². The number of aliphatic hydroxyl groups is 1. The average molecular weight is 264 g/mol. The highest BCUT2D eigenvalue weighted by molar-refractivity contribution is 5.50. The zero-order valence-corrected chi connectivity index (χ0v) is 9.19. The molecule has 0 unspecified atom stereocenters. The first kappa shape index (κ1) is 14.2. The summed E-state index contributed by atoms with van der Waals surface area (Å²) in [7, 11) is 0. The Bertz CT molecular complexity index is 447. The summed E-state index contributed by atoms with van der Waals surface area (Å²) in [5.41, 5.74) is -0.531. The van der Waals surface area contributed by atoms with Gasteiger partial charge in [0.05, 0.1) is 11.5 Å². The van der Waals surface area contributed by atoms with Gasteiger partial charge in [0.1, 0.15) is 5.75 Å². The molecule has 8 heteroatoms. The summed E-state index contributed by atoms with van der Waals surface area (Å²) in [5.74, 6) is -0.447. The van der Waals surface area contributed by atoms with Gasteiger partial charge in [0.25, 0.3) is 5.69 Å². The van der Waals surface area contributed by atoms with Crippen LogP contribution in [0, 0.1) is 16.0 Å². The van der Waals surface area contributed by atoms with Crippen molar-refractivity contribution in [3.8, 4) is 5.75 Å². The summed E-state index contributed by atoms with van der Waals surface area (Å²) in [6, 6.07) is 2.67. The van der Waals surface area contributed by atoms with Gasteiger partial charge in [0, 0.05) is 23.6 Å². The van der Waals surface area contributed by atoms with Crippen molar-refractivity contribution < 1.29 is 27.9 Å². The van der Waals surface area contributed by atoms with Gasteiger partial charge in [-0.2, -0.15) is 0 Å². The van der Waals surface area contributed by atoms with E-state index in [1.165, 1.54) is 6.92 Å². The second kappa shape index (κ2) is 5.21. The van der Waals surface area contributed by atoms with Gasteiger partial charge in [-0.15, -0.1) is 13.2 Å². The molecule has 5 nitrogen and oxygen atoms in total. The topological polar surface area (TPSA) is 72.6 Å². The van der Waals surface area contributed by atoms with Gasteiger partial charge >= 0.3 is 6.36 Å². The number of halogens is 3. The largest absolute Gasteiger partial charge is 0.573 e. The SMILES string of the molecule is C[C](CO)c1cc([N+](=O)[O-])ccc1OC(F)(F)F. The number of hydrogen-bond donors (Lipinski definition) is 1. The number of nitrogens with zero attached hydrogens (tertiary/aromatic N) is 1. The van der Waals surface area contributed by atoms with Crippen molar-refractivity contribution in [3.05, 3.63) is 39.8 Å². The number of hydrogen-bond acceptors (Lipinski definition) is 4. The molecule has 99 valence electrons. The third-order valence-electron chi connectivity index (χ3n) is 2.10. The van der Waals surface area contributed by atoms with Gasteiger partial charge in [-0.1, -0.05) is 6.92 Å². The number of rotatable bonds is 4. The third kappa shape index (κ3) is 3.59. The normalized spacial score (nSPS) is 11.7. The summed E-state index contributed by atoms with van der Waals surface area (Å²) in [5, 5.41) is 19.4. The lowest BCUT2D eigenvalue weighted by Crippen LogP contribution is -2.19. The first-order valence-electron chi connectivity index (χ1n) is 4.72. The Labute approximate surface area is 99.9 Å². The molecule has 0 saturated carbocycles. The summed E-state index contributed by atoms with van der Waals surface area (Å²) >= 11 is 0. The average Bonchev–Trinajstić information content (AvgIpc) is 2.26. The molecule has 1 radical (unpaired) electrons. The van der Waals surface area contributed by atoms with Crippen molar-refractivity contribution in [2.75, 3.05) is 6.61 Å². The van der Waals surface area contributed by atoms with Crippen LogP contribution in [0.2, 0.25) is 0 Å². The summed E-state index contributed by atoms with van der Waals surface area (Å²) < 4.78 is 40.1. The predicted molar refractivity (Wildman–Crippen MR) is 54.9 cm³/mol. The van der Waals surface area contributed by atoms with Crippen molar-refractivity contribution in [2.45, 2.75) is 13.3 Å². The molecule has 0 aliphatic rings. The fourth-order valence-corrected chi connectivity index (χ4v) is 1.26. The van der Waals surface area contributed by atoms with Crippen LogP contribution in [-0.2, 0) is 0 Å². The number of non-ortho nitro benzene ring substituents is 1. The van der Waals surface area contributed by atoms with Crippen LogP contribution >= 0.6 is 0 Å². The molecule has 18 heavy (non-hydrogen) atoms. The van der Waals surface area contributed by atoms with Gasteiger partial charge in [0.15, 0.2) is 0 Å². The van der Waals surface area contributed by atoms with E-state index >= 15 is 0 Å². The third-order valence-corrected chi connectivity index (χ3v) is 2.10. The van der Waals surface area contributed by atoms with Crippen LogP contribution in [-0.4, -0.2) is 23.0 Å². The molecule has 0 bridgehead atoms. The monoisotopic (exact) mass is 264 g/mol. The highest BCUT2D eigenvalue weighted by atomic mass is 19.4. The maximum Gasteiger partial charge on any atom is 0.573 e. The Morgan fingerprint density at radius 1 is 1.50 bits per heavy atom. The van der Waals surface area contributed by atoms with Crippen molar-refractivity contribution >= 4 is 5.69 Å². The summed E-state index contributed by atoms with van der Waals surface area (Å²) in [6.07, 6.45) is -4.90. The van der Waals surface area contributed by atoms with E-state index < -0.39 is 23.6 Å². The highest BCUT2D eigenvalue weighted by Gasteiger charge is 2.33. The molecule has 0 aromatic heterocycles. The van der Waals surface area contributed by atoms with Crippen LogP contribution in [0.1, 0.15) is 12.5 Å². The number of aliphatic hydroxyl groups excluding tert-OH is 1. The van der Waals surface area contributed by atoms with E-state index in [9.17, 15) is 23.3 Å². The second-order valence-corrected chi connectivity index (χ2v) is 3.42. The smallest absolute Gasteiger partial charge is 0.405 e. The molecule has 0 aliphatic heterocycles. The highest BCUT2D eigenvalue weighted by Crippen LogP contribution is 2.33. The molecule has 1 N–H and O–H groups in total. The number of nitro groups is 1. The Morgan fingerprint density at radius 3 is 2.56 bits per heavy atom. The van der Waals surface area contributed by atoms with Crippen LogP contribution in [0.25, 0.3) is 0 Å². The quantitative estimate of drug-likeness (QED) is 0.669. The molecular weight excluding hydrogens is 255 g/mol. The molecule has 0 saturated heterocycles. The Kier molecular flexibility index (Phi) is 4.12. The zero-order chi connectivity index (χ0) is 13.9. The molecule has 0 aliphatic carbocycles. The van der Waals surface area contributed by atoms with Crippen LogP contribution < -0.4 is 4.74 Å². The van der Waals surface area contributed by atoms with Gasteiger partial charge in [-0.3, -0.25) is 10.1 Å². The first-order chi connectivity index (χ1) is 8.24. The Morgan fingerprint density at radius 2 is 2.11 bits per heavy atom. The standard InChI is InChI=1S/C10H9F3NO4/c1-6(5-15)8-4-7(14(16)17)2-3-9(8)18-10(11,12)13/h2-4,15H,5H2,1H3. The minimum absolute atomic E-state index is 0.137. The van der Waals surface area contributed by atoms with Crippen molar-refractivity contribution in [1.82, 2.24) is 0 Å². The Hall–Kier alpha value is -1.83. The molecule has 0 fully saturated rings. The van der Waals surface area contributed by atoms with E-state index in [1.54, 1.807) is 0 Å². The maximum atomic E-state index is 12.1. The lowest BCUT2D eigenvalue weighted by molar-refractivity contribution is -0.385. The minimum atomic E-state index is -4.90. The molecule has 0 spiro atoms.